The molecule has 0 radical (unpaired) electrons. The van der Waals surface area contributed by atoms with Gasteiger partial charge < -0.3 is 10.2 Å². The van der Waals surface area contributed by atoms with E-state index >= 15 is 0 Å². The van der Waals surface area contributed by atoms with Crippen molar-refractivity contribution in [2.75, 3.05) is 19.6 Å². The third kappa shape index (κ3) is 2.60. The van der Waals surface area contributed by atoms with E-state index in [-0.39, 0.29) is 0 Å². The van der Waals surface area contributed by atoms with Gasteiger partial charge in [-0.3, -0.25) is 0 Å². The van der Waals surface area contributed by atoms with Gasteiger partial charge in [0.25, 0.3) is 0 Å². The van der Waals surface area contributed by atoms with E-state index in [0.29, 0.717) is 0 Å². The van der Waals surface area contributed by atoms with Gasteiger partial charge in [0.2, 0.25) is 0 Å². The molecule has 2 aliphatic carbocycles. The molecule has 2 saturated carbocycles. The van der Waals surface area contributed by atoms with E-state index in [4.69, 9.17) is 0 Å². The second-order valence-corrected chi connectivity index (χ2v) is 7.03. The van der Waals surface area contributed by atoms with Crippen LogP contribution in [0.1, 0.15) is 52.4 Å². The zero-order valence-corrected chi connectivity index (χ0v) is 12.2. The fraction of sp³-hybridized carbons (Fsp3) is 1.00. The molecule has 1 heterocycles. The fourth-order valence-electron chi connectivity index (χ4n) is 4.71. The molecule has 3 rings (SSSR count). The molecule has 5 unspecified atom stereocenters. The molecule has 18 heavy (non-hydrogen) atoms. The molecule has 0 aromatic rings. The van der Waals surface area contributed by atoms with E-state index in [0.717, 1.165) is 29.8 Å². The van der Waals surface area contributed by atoms with E-state index in [1.54, 1.807) is 0 Å². The second-order valence-electron chi connectivity index (χ2n) is 7.03. The Hall–Kier alpha value is -0.0800. The molecule has 5 atom stereocenters. The Morgan fingerprint density at radius 3 is 2.78 bits per heavy atom. The minimum absolute atomic E-state index is 0.726. The first-order valence-corrected chi connectivity index (χ1v) is 8.24. The van der Waals surface area contributed by atoms with Crippen LogP contribution in [0.5, 0.6) is 0 Å². The Morgan fingerprint density at radius 2 is 2.11 bits per heavy atom. The van der Waals surface area contributed by atoms with Crippen LogP contribution in [0, 0.1) is 17.8 Å². The minimum atomic E-state index is 0.726. The molecule has 3 fully saturated rings. The lowest BCUT2D eigenvalue weighted by atomic mass is 9.89. The van der Waals surface area contributed by atoms with Crippen molar-refractivity contribution >= 4 is 0 Å². The average molecular weight is 250 g/mol. The van der Waals surface area contributed by atoms with Gasteiger partial charge in [0.1, 0.15) is 0 Å². The SMILES string of the molecule is CCN1CCCC(C(C)NC2CC3CCC2C3)C1. The monoisotopic (exact) mass is 250 g/mol. The maximum absolute atomic E-state index is 4.00. The van der Waals surface area contributed by atoms with Crippen molar-refractivity contribution in [2.24, 2.45) is 17.8 Å². The van der Waals surface area contributed by atoms with Gasteiger partial charge in [0.05, 0.1) is 0 Å². The highest BCUT2D eigenvalue weighted by atomic mass is 15.1. The van der Waals surface area contributed by atoms with Crippen molar-refractivity contribution in [1.29, 1.82) is 0 Å². The molecule has 1 saturated heterocycles. The number of nitrogens with one attached hydrogen (secondary N) is 1. The van der Waals surface area contributed by atoms with Crippen LogP contribution in [0.3, 0.4) is 0 Å². The molecule has 2 bridgehead atoms. The summed E-state index contributed by atoms with van der Waals surface area (Å²) in [5.41, 5.74) is 0. The van der Waals surface area contributed by atoms with Crippen LogP contribution >= 0.6 is 0 Å². The summed E-state index contributed by atoms with van der Waals surface area (Å²) in [6, 6.07) is 1.58. The topological polar surface area (TPSA) is 15.3 Å². The van der Waals surface area contributed by atoms with Gasteiger partial charge in [-0.25, -0.2) is 0 Å². The highest BCUT2D eigenvalue weighted by Crippen LogP contribution is 2.44. The van der Waals surface area contributed by atoms with Crippen LogP contribution in [0.2, 0.25) is 0 Å². The number of piperidine rings is 1. The molecule has 0 amide bonds. The second kappa shape index (κ2) is 5.50. The number of fused-ring (bicyclic) bond motifs is 2. The molecule has 104 valence electrons. The lowest BCUT2D eigenvalue weighted by Gasteiger charge is -2.37. The molecule has 0 aromatic heterocycles. The summed E-state index contributed by atoms with van der Waals surface area (Å²) < 4.78 is 0. The summed E-state index contributed by atoms with van der Waals surface area (Å²) in [6.45, 7) is 8.63. The smallest absolute Gasteiger partial charge is 0.0101 e. The molecule has 0 aromatic carbocycles. The zero-order valence-electron chi connectivity index (χ0n) is 12.2. The fourth-order valence-corrected chi connectivity index (χ4v) is 4.71. The standard InChI is InChI=1S/C16H30N2/c1-3-18-8-4-5-15(11-18)12(2)17-16-10-13-6-7-14(16)9-13/h12-17H,3-11H2,1-2H3. The highest BCUT2D eigenvalue weighted by Gasteiger charge is 2.40. The summed E-state index contributed by atoms with van der Waals surface area (Å²) in [5.74, 6) is 2.97. The van der Waals surface area contributed by atoms with Crippen LogP contribution in [-0.4, -0.2) is 36.6 Å². The number of hydrogen-bond acceptors (Lipinski definition) is 2. The van der Waals surface area contributed by atoms with Gasteiger partial charge in [0.15, 0.2) is 0 Å². The lowest BCUT2D eigenvalue weighted by molar-refractivity contribution is 0.147. The Balaban J connectivity index is 1.50. The van der Waals surface area contributed by atoms with Gasteiger partial charge in [-0.05, 0) is 69.9 Å². The van der Waals surface area contributed by atoms with Crippen LogP contribution in [0.25, 0.3) is 0 Å². The van der Waals surface area contributed by atoms with Gasteiger partial charge in [-0.1, -0.05) is 13.3 Å². The largest absolute Gasteiger partial charge is 0.311 e. The zero-order chi connectivity index (χ0) is 12.5. The summed E-state index contributed by atoms with van der Waals surface area (Å²) >= 11 is 0. The van der Waals surface area contributed by atoms with Gasteiger partial charge >= 0.3 is 0 Å². The summed E-state index contributed by atoms with van der Waals surface area (Å²) in [6.07, 6.45) is 8.85. The summed E-state index contributed by atoms with van der Waals surface area (Å²) in [7, 11) is 0. The van der Waals surface area contributed by atoms with Gasteiger partial charge in [-0.15, -0.1) is 0 Å². The predicted molar refractivity (Wildman–Crippen MR) is 76.7 cm³/mol. The first kappa shape index (κ1) is 12.9. The van der Waals surface area contributed by atoms with Crippen molar-refractivity contribution in [2.45, 2.75) is 64.5 Å². The first-order valence-electron chi connectivity index (χ1n) is 8.24. The minimum Gasteiger partial charge on any atom is -0.311 e. The summed E-state index contributed by atoms with van der Waals surface area (Å²) in [4.78, 5) is 2.63. The lowest BCUT2D eigenvalue weighted by Crippen LogP contribution is -2.48. The maximum Gasteiger partial charge on any atom is 0.0101 e. The van der Waals surface area contributed by atoms with E-state index in [9.17, 15) is 0 Å². The molecule has 2 nitrogen and oxygen atoms in total. The maximum atomic E-state index is 4.00. The van der Waals surface area contributed by atoms with Gasteiger partial charge in [0, 0.05) is 18.6 Å². The predicted octanol–water partition coefficient (Wildman–Crippen LogP) is 2.89. The Morgan fingerprint density at radius 1 is 1.22 bits per heavy atom. The van der Waals surface area contributed by atoms with E-state index in [1.807, 2.05) is 0 Å². The van der Waals surface area contributed by atoms with Gasteiger partial charge in [-0.2, -0.15) is 0 Å². The van der Waals surface area contributed by atoms with E-state index in [1.165, 1.54) is 58.2 Å². The van der Waals surface area contributed by atoms with Crippen molar-refractivity contribution in [1.82, 2.24) is 10.2 Å². The highest BCUT2D eigenvalue weighted by molar-refractivity contribution is 4.96. The van der Waals surface area contributed by atoms with Crippen molar-refractivity contribution in [3.05, 3.63) is 0 Å². The van der Waals surface area contributed by atoms with E-state index in [2.05, 4.69) is 24.1 Å². The molecule has 1 aliphatic heterocycles. The quantitative estimate of drug-likeness (QED) is 0.825. The number of hydrogen-bond donors (Lipinski definition) is 1. The number of likely N-dealkylation sites (tertiary alicyclic amines) is 1. The Labute approximate surface area is 113 Å². The van der Waals surface area contributed by atoms with Crippen molar-refractivity contribution in [3.8, 4) is 0 Å². The average Bonchev–Trinajstić information content (AvgIpc) is 3.01. The molecular weight excluding hydrogens is 220 g/mol. The van der Waals surface area contributed by atoms with Crippen molar-refractivity contribution in [3.63, 3.8) is 0 Å². The van der Waals surface area contributed by atoms with Crippen LogP contribution in [-0.2, 0) is 0 Å². The van der Waals surface area contributed by atoms with Crippen LogP contribution in [0.4, 0.5) is 0 Å². The Bertz CT molecular complexity index is 278. The summed E-state index contributed by atoms with van der Waals surface area (Å²) in [5, 5.41) is 4.00. The molecule has 2 heteroatoms. The molecule has 0 spiro atoms. The van der Waals surface area contributed by atoms with E-state index < -0.39 is 0 Å². The third-order valence-electron chi connectivity index (χ3n) is 5.91. The van der Waals surface area contributed by atoms with Crippen molar-refractivity contribution < 1.29 is 0 Å². The van der Waals surface area contributed by atoms with Crippen LogP contribution < -0.4 is 5.32 Å². The number of rotatable bonds is 4. The normalized spacial score (nSPS) is 42.3. The molecule has 1 N–H and O–H groups in total. The first-order chi connectivity index (χ1) is 8.76. The molecule has 3 aliphatic rings. The van der Waals surface area contributed by atoms with Crippen LogP contribution in [0.15, 0.2) is 0 Å². The third-order valence-corrected chi connectivity index (χ3v) is 5.91. The molecular formula is C16H30N2. The Kier molecular flexibility index (Phi) is 3.95. The number of nitrogens with zero attached hydrogens (tertiary/aromatic N) is 1.